The normalized spacial score (nSPS) is 47.8. The number of rotatable bonds is 13. The molecule has 0 aromatic carbocycles. The first-order valence-corrected chi connectivity index (χ1v) is 16.6. The maximum absolute atomic E-state index is 12.8. The summed E-state index contributed by atoms with van der Waals surface area (Å²) in [5.41, 5.74) is 0. The van der Waals surface area contributed by atoms with E-state index in [0.717, 1.165) is 6.92 Å². The summed E-state index contributed by atoms with van der Waals surface area (Å²) in [5, 5.41) is 147. The lowest BCUT2D eigenvalue weighted by molar-refractivity contribution is -0.370. The van der Waals surface area contributed by atoms with E-state index in [0.29, 0.717) is 0 Å². The van der Waals surface area contributed by atoms with Crippen molar-refractivity contribution < 1.29 is 114 Å². The minimum atomic E-state index is -3.00. The summed E-state index contributed by atoms with van der Waals surface area (Å²) >= 11 is 0. The zero-order chi connectivity index (χ0) is 39.7. The number of aliphatic hydroxyl groups excluding tert-OH is 13. The third-order valence-corrected chi connectivity index (χ3v) is 9.56. The van der Waals surface area contributed by atoms with Crippen molar-refractivity contribution in [2.45, 2.75) is 149 Å². The highest BCUT2D eigenvalue weighted by molar-refractivity contribution is 5.76. The van der Waals surface area contributed by atoms with Gasteiger partial charge in [0.1, 0.15) is 91.5 Å². The number of carbonyl (C=O) groups is 2. The number of carboxylic acid groups (broad SMARTS) is 1. The van der Waals surface area contributed by atoms with Crippen molar-refractivity contribution >= 4 is 11.9 Å². The smallest absolute Gasteiger partial charge is 0.364 e. The average Bonchev–Trinajstić information content (AvgIpc) is 3.11. The molecule has 0 spiro atoms. The Morgan fingerprint density at radius 3 is 1.96 bits per heavy atom. The van der Waals surface area contributed by atoms with E-state index >= 15 is 0 Å². The Morgan fingerprint density at radius 2 is 1.40 bits per heavy atom. The Kier molecular flexibility index (Phi) is 14.9. The van der Waals surface area contributed by atoms with Crippen LogP contribution in [-0.4, -0.2) is 232 Å². The van der Waals surface area contributed by atoms with Crippen molar-refractivity contribution in [3.63, 3.8) is 0 Å². The molecule has 4 saturated heterocycles. The van der Waals surface area contributed by atoms with Crippen LogP contribution in [0.2, 0.25) is 0 Å². The minimum Gasteiger partial charge on any atom is -0.477 e. The Morgan fingerprint density at radius 1 is 0.792 bits per heavy atom. The highest BCUT2D eigenvalue weighted by Gasteiger charge is 2.59. The number of aliphatic carboxylic acids is 1. The van der Waals surface area contributed by atoms with E-state index in [4.69, 9.17) is 33.2 Å². The first-order valence-electron chi connectivity index (χ1n) is 16.6. The van der Waals surface area contributed by atoms with Crippen molar-refractivity contribution in [3.8, 4) is 0 Å². The van der Waals surface area contributed by atoms with Gasteiger partial charge in [-0.1, -0.05) is 0 Å². The predicted octanol–water partition coefficient (Wildman–Crippen LogP) is -9.37. The third kappa shape index (κ3) is 9.24. The van der Waals surface area contributed by atoms with Crippen LogP contribution in [0.5, 0.6) is 0 Å². The molecule has 24 nitrogen and oxygen atoms in total. The predicted molar refractivity (Wildman–Crippen MR) is 161 cm³/mol. The van der Waals surface area contributed by atoms with Crippen molar-refractivity contribution in [2.75, 3.05) is 19.8 Å². The van der Waals surface area contributed by atoms with Gasteiger partial charge in [0.05, 0.1) is 32.0 Å². The number of amides is 1. The van der Waals surface area contributed by atoms with Gasteiger partial charge < -0.3 is 110 Å². The van der Waals surface area contributed by atoms with Crippen molar-refractivity contribution in [2.24, 2.45) is 0 Å². The van der Waals surface area contributed by atoms with Crippen LogP contribution in [0.4, 0.5) is 0 Å². The lowest BCUT2D eigenvalue weighted by atomic mass is 9.90. The monoisotopic (exact) mass is 779 g/mol. The summed E-state index contributed by atoms with van der Waals surface area (Å²) in [6.07, 6.45) is -36.4. The molecule has 0 bridgehead atoms. The van der Waals surface area contributed by atoms with Gasteiger partial charge in [-0.15, -0.1) is 0 Å². The number of aliphatic hydroxyl groups is 13. The molecule has 24 heteroatoms. The molecule has 21 atom stereocenters. The topological polar surface area (TPSA) is 394 Å². The van der Waals surface area contributed by atoms with E-state index in [9.17, 15) is 81.1 Å². The number of hydrogen-bond acceptors (Lipinski definition) is 22. The molecular formula is C29H49NO23. The molecule has 0 aromatic heterocycles. The second kappa shape index (κ2) is 17.9. The van der Waals surface area contributed by atoms with E-state index in [1.807, 2.05) is 0 Å². The van der Waals surface area contributed by atoms with Gasteiger partial charge >= 0.3 is 5.97 Å². The molecule has 4 aliphatic heterocycles. The highest BCUT2D eigenvalue weighted by Crippen LogP contribution is 2.38. The van der Waals surface area contributed by atoms with Crippen LogP contribution in [-0.2, 0) is 42.7 Å². The lowest BCUT2D eigenvalue weighted by Crippen LogP contribution is -2.69. The molecule has 4 rings (SSSR count). The maximum Gasteiger partial charge on any atom is 0.364 e. The average molecular weight is 780 g/mol. The van der Waals surface area contributed by atoms with Gasteiger partial charge in [0, 0.05) is 13.3 Å². The number of carboxylic acids is 1. The summed E-state index contributed by atoms with van der Waals surface area (Å²) in [7, 11) is 0. The van der Waals surface area contributed by atoms with Crippen LogP contribution >= 0.6 is 0 Å². The molecule has 1 unspecified atom stereocenters. The summed E-state index contributed by atoms with van der Waals surface area (Å²) in [6, 6.07) is -1.63. The van der Waals surface area contributed by atoms with Gasteiger partial charge in [0.2, 0.25) is 5.91 Å². The molecule has 0 aliphatic carbocycles. The summed E-state index contributed by atoms with van der Waals surface area (Å²) in [6.45, 7) is -0.671. The van der Waals surface area contributed by atoms with E-state index in [1.165, 1.54) is 6.92 Å². The zero-order valence-corrected chi connectivity index (χ0v) is 28.3. The maximum atomic E-state index is 12.8. The molecule has 0 aromatic rings. The molecule has 15 N–H and O–H groups in total. The molecule has 1 amide bonds. The first kappa shape index (κ1) is 43.9. The first-order chi connectivity index (χ1) is 24.8. The molecule has 308 valence electrons. The van der Waals surface area contributed by atoms with Crippen LogP contribution < -0.4 is 5.32 Å². The van der Waals surface area contributed by atoms with Gasteiger partial charge in [0.25, 0.3) is 5.79 Å². The standard InChI is InChI=1S/C29H49NO23/c1-7-14(35)19(40)21(42)26(48-7)50-10-3-29(28(45)46,53-24(17(10)38)15(36)9(34)4-31)47-6-12-18(39)23(13(25(44)49-12)30-8(2)33)52-27-22(43)20(41)16(37)11(5-32)51-27/h7,9-27,31-32,34-44H,3-6H2,1-2H3,(H,30,33)(H,45,46)/t7-,9+,10-,11+,12+,13+,14+,15+,16-,17+,18-,19+,20-,21-,22+,23+,24-,25?,26-,27+,29+/m0/s1. The number of nitrogens with one attached hydrogen (secondary N) is 1. The number of ether oxygens (including phenoxy) is 7. The fourth-order valence-corrected chi connectivity index (χ4v) is 6.43. The van der Waals surface area contributed by atoms with Crippen LogP contribution in [0.1, 0.15) is 20.3 Å². The quantitative estimate of drug-likeness (QED) is 0.0825. The fraction of sp³-hybridized carbons (Fsp3) is 0.931. The van der Waals surface area contributed by atoms with Crippen molar-refractivity contribution in [3.05, 3.63) is 0 Å². The number of hydrogen-bond donors (Lipinski definition) is 15. The highest BCUT2D eigenvalue weighted by atomic mass is 16.8. The van der Waals surface area contributed by atoms with E-state index in [-0.39, 0.29) is 0 Å². The number of carbonyl (C=O) groups excluding carboxylic acids is 1. The second-order valence-corrected chi connectivity index (χ2v) is 13.3. The van der Waals surface area contributed by atoms with Gasteiger partial charge in [0.15, 0.2) is 18.9 Å². The van der Waals surface area contributed by atoms with Gasteiger partial charge in [-0.3, -0.25) is 4.79 Å². The Labute approximate surface area is 300 Å². The Balaban J connectivity index is 1.61. The molecular weight excluding hydrogens is 730 g/mol. The van der Waals surface area contributed by atoms with Crippen molar-refractivity contribution in [1.29, 1.82) is 0 Å². The largest absolute Gasteiger partial charge is 0.477 e. The van der Waals surface area contributed by atoms with Crippen LogP contribution in [0, 0.1) is 0 Å². The zero-order valence-electron chi connectivity index (χ0n) is 28.3. The third-order valence-electron chi connectivity index (χ3n) is 9.56. The van der Waals surface area contributed by atoms with E-state index in [2.05, 4.69) is 5.32 Å². The van der Waals surface area contributed by atoms with Crippen LogP contribution in [0.15, 0.2) is 0 Å². The van der Waals surface area contributed by atoms with Gasteiger partial charge in [-0.05, 0) is 6.92 Å². The van der Waals surface area contributed by atoms with E-state index < -0.39 is 166 Å². The minimum absolute atomic E-state index is 0.773. The van der Waals surface area contributed by atoms with Gasteiger partial charge in [-0.25, -0.2) is 4.79 Å². The lowest BCUT2D eigenvalue weighted by Gasteiger charge is -2.49. The molecule has 4 heterocycles. The molecule has 53 heavy (non-hydrogen) atoms. The second-order valence-electron chi connectivity index (χ2n) is 13.3. The summed E-state index contributed by atoms with van der Waals surface area (Å²) < 4.78 is 38.5. The molecule has 4 aliphatic rings. The Hall–Kier alpha value is -1.86. The Bertz CT molecular complexity index is 1220. The fourth-order valence-electron chi connectivity index (χ4n) is 6.43. The van der Waals surface area contributed by atoms with Crippen molar-refractivity contribution in [1.82, 2.24) is 5.32 Å². The molecule has 0 saturated carbocycles. The SMILES string of the molecule is CC(=O)N[C@H]1C(O)O[C@H](CO[C@]2(C(=O)O)C[C@H](O[C@@H]3O[C@@H](C)[C@@H](O)[C@@H](O)[C@@H]3O)[C@@H](O)[C@H]([C@H](O)[C@H](O)CO)O2)[C@H](O)[C@@H]1O[C@H]1O[C@H](CO)[C@H](O)[C@H](O)[C@H]1O. The van der Waals surface area contributed by atoms with Crippen LogP contribution in [0.3, 0.4) is 0 Å². The summed E-state index contributed by atoms with van der Waals surface area (Å²) in [4.78, 5) is 24.8. The van der Waals surface area contributed by atoms with E-state index in [1.54, 1.807) is 0 Å². The van der Waals surface area contributed by atoms with Gasteiger partial charge in [-0.2, -0.15) is 0 Å². The van der Waals surface area contributed by atoms with Crippen LogP contribution in [0.25, 0.3) is 0 Å². The summed E-state index contributed by atoms with van der Waals surface area (Å²) in [5.74, 6) is -5.73. The molecule has 4 fully saturated rings. The molecule has 0 radical (unpaired) electrons.